The number of ether oxygens (including phenoxy) is 2. The third kappa shape index (κ3) is 3.88. The smallest absolute Gasteiger partial charge is 0.271 e. The van der Waals surface area contributed by atoms with Crippen molar-refractivity contribution in [3.8, 4) is 11.5 Å². The van der Waals surface area contributed by atoms with Gasteiger partial charge in [-0.15, -0.1) is 0 Å². The molecule has 9 nitrogen and oxygen atoms in total. The third-order valence-electron chi connectivity index (χ3n) is 4.41. The lowest BCUT2D eigenvalue weighted by Crippen LogP contribution is -2.30. The zero-order chi connectivity index (χ0) is 20.3. The number of methoxy groups -OCH3 is 2. The number of amides is 1. The first-order valence-corrected chi connectivity index (χ1v) is 8.54. The van der Waals surface area contributed by atoms with Crippen LogP contribution in [-0.4, -0.2) is 34.8 Å². The fourth-order valence-corrected chi connectivity index (χ4v) is 2.98. The van der Waals surface area contributed by atoms with Crippen molar-refractivity contribution in [1.29, 1.82) is 0 Å². The molecule has 1 N–H and O–H groups in total. The second-order valence-electron chi connectivity index (χ2n) is 6.20. The number of benzene rings is 2. The minimum Gasteiger partial charge on any atom is -0.497 e. The van der Waals surface area contributed by atoms with Crippen molar-refractivity contribution in [3.05, 3.63) is 58.3 Å². The van der Waals surface area contributed by atoms with Crippen LogP contribution in [0.15, 0.2) is 42.6 Å². The Bertz CT molecular complexity index is 1030. The Labute approximate surface area is 161 Å². The zero-order valence-corrected chi connectivity index (χ0v) is 15.7. The number of nitrogens with zero attached hydrogens (tertiary/aromatic N) is 3. The van der Waals surface area contributed by atoms with Crippen molar-refractivity contribution in [1.82, 2.24) is 15.1 Å². The van der Waals surface area contributed by atoms with Crippen LogP contribution in [0.25, 0.3) is 10.9 Å². The summed E-state index contributed by atoms with van der Waals surface area (Å²) in [4.78, 5) is 23.0. The second-order valence-corrected chi connectivity index (χ2v) is 6.20. The van der Waals surface area contributed by atoms with E-state index in [9.17, 15) is 14.9 Å². The molecule has 1 aromatic heterocycles. The Kier molecular flexibility index (Phi) is 5.44. The molecule has 28 heavy (non-hydrogen) atoms. The number of nitrogens with one attached hydrogen (secondary N) is 1. The van der Waals surface area contributed by atoms with Gasteiger partial charge in [0.1, 0.15) is 18.0 Å². The Hall–Kier alpha value is -3.62. The Morgan fingerprint density at radius 2 is 2.04 bits per heavy atom. The number of hydrogen-bond acceptors (Lipinski definition) is 6. The summed E-state index contributed by atoms with van der Waals surface area (Å²) in [6, 6.07) is 9.44. The number of nitro groups is 1. The van der Waals surface area contributed by atoms with Gasteiger partial charge in [-0.3, -0.25) is 19.6 Å². The van der Waals surface area contributed by atoms with Crippen molar-refractivity contribution in [2.75, 3.05) is 14.2 Å². The lowest BCUT2D eigenvalue weighted by atomic mass is 10.1. The summed E-state index contributed by atoms with van der Waals surface area (Å²) in [6.07, 6.45) is 1.57. The van der Waals surface area contributed by atoms with Crippen molar-refractivity contribution >= 4 is 22.5 Å². The summed E-state index contributed by atoms with van der Waals surface area (Å²) in [5.74, 6) is 1.00. The predicted octanol–water partition coefficient (Wildman–Crippen LogP) is 2.84. The third-order valence-corrected chi connectivity index (χ3v) is 4.41. The van der Waals surface area contributed by atoms with E-state index < -0.39 is 4.92 Å². The molecule has 1 unspecified atom stereocenters. The maximum Gasteiger partial charge on any atom is 0.271 e. The number of fused-ring (bicyclic) bond motifs is 1. The fourth-order valence-electron chi connectivity index (χ4n) is 2.98. The van der Waals surface area contributed by atoms with Gasteiger partial charge in [0.05, 0.1) is 36.9 Å². The van der Waals surface area contributed by atoms with Crippen LogP contribution >= 0.6 is 0 Å². The first-order valence-electron chi connectivity index (χ1n) is 8.54. The second kappa shape index (κ2) is 7.95. The SMILES string of the molecule is COc1ccc(OC)c(C(C)NC(=O)Cn2ncc3ccc([N+](=O)[O-])cc32)c1. The molecule has 0 radical (unpaired) electrons. The van der Waals surface area contributed by atoms with Crippen LogP contribution in [0.5, 0.6) is 11.5 Å². The maximum atomic E-state index is 12.5. The molecule has 1 heterocycles. The van der Waals surface area contributed by atoms with E-state index in [-0.39, 0.29) is 24.2 Å². The molecule has 3 aromatic rings. The minimum atomic E-state index is -0.478. The first-order chi connectivity index (χ1) is 13.4. The van der Waals surface area contributed by atoms with Gasteiger partial charge in [0.25, 0.3) is 5.69 Å². The summed E-state index contributed by atoms with van der Waals surface area (Å²) < 4.78 is 12.0. The first kappa shape index (κ1) is 19.2. The Balaban J connectivity index is 1.78. The highest BCUT2D eigenvalue weighted by atomic mass is 16.6. The lowest BCUT2D eigenvalue weighted by molar-refractivity contribution is -0.384. The van der Waals surface area contributed by atoms with Crippen LogP contribution < -0.4 is 14.8 Å². The number of carbonyl (C=O) groups excluding carboxylic acids is 1. The van der Waals surface area contributed by atoms with Gasteiger partial charge >= 0.3 is 0 Å². The van der Waals surface area contributed by atoms with E-state index in [1.165, 1.54) is 16.8 Å². The van der Waals surface area contributed by atoms with Crippen molar-refractivity contribution in [2.24, 2.45) is 0 Å². The molecule has 0 fully saturated rings. The van der Waals surface area contributed by atoms with Gasteiger partial charge in [-0.2, -0.15) is 5.10 Å². The van der Waals surface area contributed by atoms with E-state index >= 15 is 0 Å². The minimum absolute atomic E-state index is 0.0517. The molecule has 3 rings (SSSR count). The summed E-state index contributed by atoms with van der Waals surface area (Å²) in [7, 11) is 3.12. The number of non-ortho nitro benzene ring substituents is 1. The van der Waals surface area contributed by atoms with Crippen LogP contribution in [0.2, 0.25) is 0 Å². The molecule has 0 aliphatic rings. The molecule has 1 amide bonds. The Morgan fingerprint density at radius 3 is 2.71 bits per heavy atom. The molecule has 0 saturated carbocycles. The van der Waals surface area contributed by atoms with Crippen molar-refractivity contribution in [2.45, 2.75) is 19.5 Å². The van der Waals surface area contributed by atoms with Crippen LogP contribution in [0.4, 0.5) is 5.69 Å². The largest absolute Gasteiger partial charge is 0.497 e. The maximum absolute atomic E-state index is 12.5. The quantitative estimate of drug-likeness (QED) is 0.496. The van der Waals surface area contributed by atoms with Gasteiger partial charge in [0, 0.05) is 23.1 Å². The summed E-state index contributed by atoms with van der Waals surface area (Å²) in [6.45, 7) is 1.77. The molecule has 9 heteroatoms. The summed E-state index contributed by atoms with van der Waals surface area (Å²) in [5.41, 5.74) is 1.25. The molecule has 1 atom stereocenters. The lowest BCUT2D eigenvalue weighted by Gasteiger charge is -2.18. The molecule has 0 saturated heterocycles. The number of nitro benzene ring substituents is 1. The standard InChI is InChI=1S/C19H20N4O5/c1-12(16-9-15(27-2)6-7-18(16)28-3)21-19(24)11-22-17-8-14(23(25)26)5-4-13(17)10-20-22/h4-10,12H,11H2,1-3H3,(H,21,24). The molecule has 2 aromatic carbocycles. The number of rotatable bonds is 7. The van der Waals surface area contributed by atoms with Gasteiger partial charge in [0.15, 0.2) is 0 Å². The highest BCUT2D eigenvalue weighted by Gasteiger charge is 2.17. The predicted molar refractivity (Wildman–Crippen MR) is 102 cm³/mol. The van der Waals surface area contributed by atoms with Gasteiger partial charge in [-0.25, -0.2) is 0 Å². The number of hydrogen-bond donors (Lipinski definition) is 1. The van der Waals surface area contributed by atoms with E-state index in [1.54, 1.807) is 44.7 Å². The van der Waals surface area contributed by atoms with Gasteiger partial charge in [0.2, 0.25) is 5.91 Å². The van der Waals surface area contributed by atoms with Crippen molar-refractivity contribution < 1.29 is 19.2 Å². The average molecular weight is 384 g/mol. The highest BCUT2D eigenvalue weighted by Crippen LogP contribution is 2.29. The average Bonchev–Trinajstić information content (AvgIpc) is 3.09. The fraction of sp³-hybridized carbons (Fsp3) is 0.263. The van der Waals surface area contributed by atoms with Crippen LogP contribution in [0, 0.1) is 10.1 Å². The van der Waals surface area contributed by atoms with E-state index in [4.69, 9.17) is 9.47 Å². The summed E-state index contributed by atoms with van der Waals surface area (Å²) >= 11 is 0. The van der Waals surface area contributed by atoms with Gasteiger partial charge in [-0.05, 0) is 31.2 Å². The van der Waals surface area contributed by atoms with Crippen LogP contribution in [-0.2, 0) is 11.3 Å². The molecule has 0 aliphatic heterocycles. The molecule has 146 valence electrons. The monoisotopic (exact) mass is 384 g/mol. The molecule has 0 spiro atoms. The van der Waals surface area contributed by atoms with E-state index in [1.807, 2.05) is 6.92 Å². The van der Waals surface area contributed by atoms with Gasteiger partial charge < -0.3 is 14.8 Å². The molecule has 0 bridgehead atoms. The van der Waals surface area contributed by atoms with Crippen molar-refractivity contribution in [3.63, 3.8) is 0 Å². The van der Waals surface area contributed by atoms with E-state index in [0.29, 0.717) is 17.0 Å². The van der Waals surface area contributed by atoms with E-state index in [0.717, 1.165) is 10.9 Å². The molecular formula is C19H20N4O5. The number of aromatic nitrogens is 2. The van der Waals surface area contributed by atoms with Crippen LogP contribution in [0.1, 0.15) is 18.5 Å². The molecular weight excluding hydrogens is 364 g/mol. The van der Waals surface area contributed by atoms with Crippen LogP contribution in [0.3, 0.4) is 0 Å². The number of carbonyl (C=O) groups is 1. The topological polar surface area (TPSA) is 109 Å². The zero-order valence-electron chi connectivity index (χ0n) is 15.7. The molecule has 0 aliphatic carbocycles. The normalized spacial score (nSPS) is 11.8. The highest BCUT2D eigenvalue weighted by molar-refractivity contribution is 5.83. The summed E-state index contributed by atoms with van der Waals surface area (Å²) in [5, 5.41) is 18.8. The van der Waals surface area contributed by atoms with Gasteiger partial charge in [-0.1, -0.05) is 0 Å². The van der Waals surface area contributed by atoms with E-state index in [2.05, 4.69) is 10.4 Å². The Morgan fingerprint density at radius 1 is 1.25 bits per heavy atom.